The zero-order valence-electron chi connectivity index (χ0n) is 35.4. The summed E-state index contributed by atoms with van der Waals surface area (Å²) in [6.45, 7) is -0.745. The van der Waals surface area contributed by atoms with Crippen LogP contribution in [0.15, 0.2) is 182 Å². The highest BCUT2D eigenvalue weighted by Gasteiger charge is 2.19. The Morgan fingerprint density at radius 3 is 0.742 bits per heavy atom. The van der Waals surface area contributed by atoms with Gasteiger partial charge in [-0.05, 0) is 101 Å². The fourth-order valence-corrected chi connectivity index (χ4v) is 8.35. The summed E-state index contributed by atoms with van der Waals surface area (Å²) in [7, 11) is 0. The van der Waals surface area contributed by atoms with E-state index in [1.54, 1.807) is 0 Å². The van der Waals surface area contributed by atoms with E-state index in [-0.39, 0.29) is 36.5 Å². The number of ether oxygens (including phenoxy) is 3. The molecule has 0 bridgehead atoms. The molecule has 0 N–H and O–H groups in total. The molecule has 0 heterocycles. The molecule has 312 valence electrons. The third-order valence-corrected chi connectivity index (χ3v) is 11.4. The first kappa shape index (κ1) is 40.9. The fraction of sp³-hybridized carbons (Fsp3) is 0.0500. The van der Waals surface area contributed by atoms with E-state index in [1.807, 2.05) is 146 Å². The van der Waals surface area contributed by atoms with E-state index in [2.05, 4.69) is 53.7 Å². The predicted molar refractivity (Wildman–Crippen MR) is 262 cm³/mol. The Balaban J connectivity index is 0.910. The Kier molecular flexibility index (Phi) is 11.3. The molecule has 0 saturated heterocycles. The molecule has 0 radical (unpaired) electrons. The molecule has 66 heavy (non-hydrogen) atoms. The summed E-state index contributed by atoms with van der Waals surface area (Å²) >= 11 is 0. The van der Waals surface area contributed by atoms with Crippen LogP contribution in [0.25, 0.3) is 64.6 Å². The van der Waals surface area contributed by atoms with Crippen LogP contribution in [0.2, 0.25) is 0 Å². The molecule has 0 atom stereocenters. The minimum Gasteiger partial charge on any atom is -0.449 e. The summed E-state index contributed by atoms with van der Waals surface area (Å²) in [5.41, 5.74) is 2.29. The maximum absolute atomic E-state index is 13.7. The van der Waals surface area contributed by atoms with Gasteiger partial charge in [-0.25, -0.2) is 14.4 Å². The standard InChI is InChI=1S/C60H36O6/c61-58(64-31-13-28-55-49-22-7-1-16-40(49)34-41-17-2-8-23-50(41)55)46-37-47(59(62)65-32-14-29-56-51-24-9-3-18-42(51)35-43-19-4-10-25-52(43)56)39-48(38-46)60(63)66-33-15-30-57-53-26-11-5-20-44(53)36-45-21-6-12-27-54(45)57/h1-12,16-27,34-39H,31-33H2. The van der Waals surface area contributed by atoms with E-state index in [4.69, 9.17) is 14.2 Å². The molecule has 10 aromatic carbocycles. The smallest absolute Gasteiger partial charge is 0.339 e. The van der Waals surface area contributed by atoms with Crippen molar-refractivity contribution >= 4 is 82.5 Å². The lowest BCUT2D eigenvalue weighted by Crippen LogP contribution is -2.14. The van der Waals surface area contributed by atoms with Crippen LogP contribution >= 0.6 is 0 Å². The fourth-order valence-electron chi connectivity index (χ4n) is 8.35. The predicted octanol–water partition coefficient (Wildman–Crippen LogP) is 12.2. The van der Waals surface area contributed by atoms with Gasteiger partial charge in [0.15, 0.2) is 19.8 Å². The maximum Gasteiger partial charge on any atom is 0.339 e. The number of benzene rings is 10. The molecule has 10 rings (SSSR count). The van der Waals surface area contributed by atoms with E-state index in [1.165, 1.54) is 18.2 Å². The van der Waals surface area contributed by atoms with Gasteiger partial charge >= 0.3 is 17.9 Å². The number of carbonyl (C=O) groups excluding carboxylic acids is 3. The van der Waals surface area contributed by atoms with Crippen LogP contribution in [0.5, 0.6) is 0 Å². The highest BCUT2D eigenvalue weighted by atomic mass is 16.5. The van der Waals surface area contributed by atoms with Gasteiger partial charge in [-0.3, -0.25) is 0 Å². The Hall–Kier alpha value is -9.15. The summed E-state index contributed by atoms with van der Waals surface area (Å²) in [5, 5.41) is 12.1. The van der Waals surface area contributed by atoms with Crippen molar-refractivity contribution < 1.29 is 28.6 Å². The van der Waals surface area contributed by atoms with Crippen LogP contribution in [0.4, 0.5) is 0 Å². The molecular weight excluding hydrogens is 817 g/mol. The van der Waals surface area contributed by atoms with Crippen LogP contribution < -0.4 is 0 Å². The molecule has 10 aromatic rings. The Labute approximate surface area is 380 Å². The Bertz CT molecular complexity index is 3240. The molecule has 0 fully saturated rings. The van der Waals surface area contributed by atoms with Crippen molar-refractivity contribution in [1.82, 2.24) is 0 Å². The number of rotatable bonds is 6. The normalized spacial score (nSPS) is 10.7. The van der Waals surface area contributed by atoms with Gasteiger partial charge in [-0.1, -0.05) is 181 Å². The average molecular weight is 853 g/mol. The van der Waals surface area contributed by atoms with Crippen molar-refractivity contribution in [3.05, 3.63) is 215 Å². The molecule has 0 unspecified atom stereocenters. The monoisotopic (exact) mass is 852 g/mol. The molecule has 0 aliphatic rings. The van der Waals surface area contributed by atoms with Crippen LogP contribution in [-0.4, -0.2) is 37.7 Å². The van der Waals surface area contributed by atoms with Gasteiger partial charge in [-0.2, -0.15) is 0 Å². The van der Waals surface area contributed by atoms with Gasteiger partial charge in [-0.15, -0.1) is 0 Å². The molecule has 0 aromatic heterocycles. The summed E-state index contributed by atoms with van der Waals surface area (Å²) < 4.78 is 16.9. The molecule has 6 heteroatoms. The van der Waals surface area contributed by atoms with E-state index in [0.717, 1.165) is 81.3 Å². The second-order valence-electron chi connectivity index (χ2n) is 15.5. The van der Waals surface area contributed by atoms with Crippen molar-refractivity contribution in [2.75, 3.05) is 19.8 Å². The van der Waals surface area contributed by atoms with Gasteiger partial charge in [0.1, 0.15) is 0 Å². The quantitative estimate of drug-likeness (QED) is 0.0717. The minimum absolute atomic E-state index is 0.0598. The van der Waals surface area contributed by atoms with E-state index in [0.29, 0.717) is 0 Å². The van der Waals surface area contributed by atoms with Crippen molar-refractivity contribution in [1.29, 1.82) is 0 Å². The highest BCUT2D eigenvalue weighted by molar-refractivity contribution is 6.07. The van der Waals surface area contributed by atoms with Crippen LogP contribution in [0.3, 0.4) is 0 Å². The molecule has 0 amide bonds. The van der Waals surface area contributed by atoms with Crippen molar-refractivity contribution in [3.8, 4) is 35.5 Å². The first-order valence-corrected chi connectivity index (χ1v) is 21.3. The van der Waals surface area contributed by atoms with E-state index in [9.17, 15) is 14.4 Å². The zero-order valence-corrected chi connectivity index (χ0v) is 35.4. The van der Waals surface area contributed by atoms with Crippen molar-refractivity contribution in [2.24, 2.45) is 0 Å². The van der Waals surface area contributed by atoms with Gasteiger partial charge in [0.2, 0.25) is 0 Å². The first-order valence-electron chi connectivity index (χ1n) is 21.3. The number of carbonyl (C=O) groups is 3. The minimum atomic E-state index is -0.791. The van der Waals surface area contributed by atoms with Crippen molar-refractivity contribution in [2.45, 2.75) is 0 Å². The summed E-state index contributed by atoms with van der Waals surface area (Å²) in [4.78, 5) is 41.0. The van der Waals surface area contributed by atoms with Gasteiger partial charge in [0.25, 0.3) is 0 Å². The van der Waals surface area contributed by atoms with Crippen LogP contribution in [0, 0.1) is 35.5 Å². The van der Waals surface area contributed by atoms with Gasteiger partial charge in [0, 0.05) is 16.7 Å². The Morgan fingerprint density at radius 2 is 0.515 bits per heavy atom. The zero-order chi connectivity index (χ0) is 44.8. The Morgan fingerprint density at radius 1 is 0.303 bits per heavy atom. The maximum atomic E-state index is 13.7. The van der Waals surface area contributed by atoms with Crippen molar-refractivity contribution in [3.63, 3.8) is 0 Å². The highest BCUT2D eigenvalue weighted by Crippen LogP contribution is 2.30. The van der Waals surface area contributed by atoms with E-state index >= 15 is 0 Å². The lowest BCUT2D eigenvalue weighted by Gasteiger charge is -2.09. The number of esters is 3. The number of hydrogen-bond acceptors (Lipinski definition) is 6. The van der Waals surface area contributed by atoms with Crippen LogP contribution in [0.1, 0.15) is 47.8 Å². The largest absolute Gasteiger partial charge is 0.449 e. The van der Waals surface area contributed by atoms with E-state index < -0.39 is 17.9 Å². The van der Waals surface area contributed by atoms with Gasteiger partial charge in [0.05, 0.1) is 16.7 Å². The topological polar surface area (TPSA) is 78.9 Å². The summed E-state index contributed by atoms with van der Waals surface area (Å²) in [6, 6.07) is 58.2. The third kappa shape index (κ3) is 8.37. The molecule has 0 spiro atoms. The third-order valence-electron chi connectivity index (χ3n) is 11.4. The number of hydrogen-bond donors (Lipinski definition) is 0. The molecule has 0 saturated carbocycles. The summed E-state index contributed by atoms with van der Waals surface area (Å²) in [5.74, 6) is 16.3. The van der Waals surface area contributed by atoms with Gasteiger partial charge < -0.3 is 14.2 Å². The number of fused-ring (bicyclic) bond motifs is 6. The summed E-state index contributed by atoms with van der Waals surface area (Å²) in [6.07, 6.45) is 0. The average Bonchev–Trinajstić information content (AvgIpc) is 3.36. The molecule has 0 aliphatic carbocycles. The molecule has 0 aliphatic heterocycles. The lowest BCUT2D eigenvalue weighted by atomic mass is 9.97. The first-order chi connectivity index (χ1) is 32.5. The second kappa shape index (κ2) is 18.3. The lowest BCUT2D eigenvalue weighted by molar-refractivity contribution is 0.0553. The molecular formula is C60H36O6. The molecule has 6 nitrogen and oxygen atoms in total. The second-order valence-corrected chi connectivity index (χ2v) is 15.5. The van der Waals surface area contributed by atoms with Crippen LogP contribution in [-0.2, 0) is 14.2 Å². The SMILES string of the molecule is O=C(OCC#Cc1c2ccccc2cc2ccccc12)c1cc(C(=O)OCC#Cc2c3ccccc3cc3ccccc23)cc(C(=O)OCC#Cc2c3ccccc3cc3ccccc23)c1.